The standard InChI is InChI=1S/C26H26N4O3/c1-18-7-6-12-30-23(18)28-24(22(25(30)31)16-21(17-27)26(32)33-2)29-13-10-20(11-14-29)15-19-8-4-3-5-9-19/h3-9,12,16,20H,10-11,13-15H2,1-2H3/b21-16+. The maximum Gasteiger partial charge on any atom is 0.348 e. The van der Waals surface area contributed by atoms with E-state index in [1.54, 1.807) is 12.3 Å². The Morgan fingerprint density at radius 3 is 2.61 bits per heavy atom. The zero-order valence-corrected chi connectivity index (χ0v) is 18.8. The molecule has 0 N–H and O–H groups in total. The van der Waals surface area contributed by atoms with Crippen LogP contribution < -0.4 is 10.5 Å². The van der Waals surface area contributed by atoms with Gasteiger partial charge in [0.1, 0.15) is 23.1 Å². The minimum absolute atomic E-state index is 0.224. The lowest BCUT2D eigenvalue weighted by Crippen LogP contribution is -2.37. The molecule has 0 amide bonds. The highest BCUT2D eigenvalue weighted by atomic mass is 16.5. The summed E-state index contributed by atoms with van der Waals surface area (Å²) in [6, 6.07) is 16.0. The van der Waals surface area contributed by atoms with Crippen LogP contribution in [0.4, 0.5) is 5.82 Å². The molecule has 0 saturated carbocycles. The minimum atomic E-state index is -0.779. The van der Waals surface area contributed by atoms with Crippen LogP contribution in [0.3, 0.4) is 0 Å². The van der Waals surface area contributed by atoms with Crippen molar-refractivity contribution in [1.29, 1.82) is 5.26 Å². The van der Waals surface area contributed by atoms with Gasteiger partial charge >= 0.3 is 5.97 Å². The van der Waals surface area contributed by atoms with Crippen molar-refractivity contribution >= 4 is 23.5 Å². The molecule has 0 atom stereocenters. The average molecular weight is 443 g/mol. The molecule has 1 saturated heterocycles. The SMILES string of the molecule is COC(=O)/C(C#N)=C/c1c(N2CCC(Cc3ccccc3)CC2)nc2c(C)cccn2c1=O. The first kappa shape index (κ1) is 22.3. The molecule has 0 bridgehead atoms. The maximum atomic E-state index is 13.4. The molecule has 7 heteroatoms. The molecule has 1 aliphatic heterocycles. The Hall–Kier alpha value is -3.92. The number of ether oxygens (including phenoxy) is 1. The predicted molar refractivity (Wildman–Crippen MR) is 127 cm³/mol. The van der Waals surface area contributed by atoms with E-state index < -0.39 is 5.97 Å². The molecule has 168 valence electrons. The van der Waals surface area contributed by atoms with Crippen molar-refractivity contribution in [3.8, 4) is 6.07 Å². The number of carbonyl (C=O) groups is 1. The molecule has 0 aliphatic carbocycles. The van der Waals surface area contributed by atoms with Crippen LogP contribution in [0, 0.1) is 24.2 Å². The van der Waals surface area contributed by atoms with Gasteiger partial charge in [0.2, 0.25) is 0 Å². The topological polar surface area (TPSA) is 87.7 Å². The van der Waals surface area contributed by atoms with Crippen molar-refractivity contribution in [2.45, 2.75) is 26.2 Å². The number of aromatic nitrogens is 2. The Labute approximate surface area is 192 Å². The van der Waals surface area contributed by atoms with E-state index in [0.717, 1.165) is 37.9 Å². The monoisotopic (exact) mass is 442 g/mol. The van der Waals surface area contributed by atoms with Crippen molar-refractivity contribution in [3.63, 3.8) is 0 Å². The smallest absolute Gasteiger partial charge is 0.348 e. The number of pyridine rings is 1. The molecule has 0 unspecified atom stereocenters. The third-order valence-corrected chi connectivity index (χ3v) is 6.16. The fraction of sp³-hybridized carbons (Fsp3) is 0.308. The van der Waals surface area contributed by atoms with Gasteiger partial charge < -0.3 is 9.64 Å². The van der Waals surface area contributed by atoms with Crippen LogP contribution in [0.5, 0.6) is 0 Å². The van der Waals surface area contributed by atoms with Gasteiger partial charge in [-0.1, -0.05) is 36.4 Å². The van der Waals surface area contributed by atoms with E-state index in [-0.39, 0.29) is 16.7 Å². The average Bonchev–Trinajstić information content (AvgIpc) is 2.84. The lowest BCUT2D eigenvalue weighted by molar-refractivity contribution is -0.135. The molecule has 4 rings (SSSR count). The fourth-order valence-corrected chi connectivity index (χ4v) is 4.36. The molecular weight excluding hydrogens is 416 g/mol. The van der Waals surface area contributed by atoms with Gasteiger partial charge in [-0.15, -0.1) is 0 Å². The summed E-state index contributed by atoms with van der Waals surface area (Å²) in [7, 11) is 1.21. The zero-order chi connectivity index (χ0) is 23.4. The van der Waals surface area contributed by atoms with Gasteiger partial charge in [0.25, 0.3) is 5.56 Å². The number of esters is 1. The number of methoxy groups -OCH3 is 1. The summed E-state index contributed by atoms with van der Waals surface area (Å²) in [6.45, 7) is 3.39. The second-order valence-corrected chi connectivity index (χ2v) is 8.32. The van der Waals surface area contributed by atoms with Crippen molar-refractivity contribution in [2.75, 3.05) is 25.1 Å². The molecule has 33 heavy (non-hydrogen) atoms. The summed E-state index contributed by atoms with van der Waals surface area (Å²) in [4.78, 5) is 32.3. The number of aryl methyl sites for hydroxylation is 1. The normalized spacial score (nSPS) is 14.8. The molecule has 2 aromatic heterocycles. The molecule has 3 heterocycles. The fourth-order valence-electron chi connectivity index (χ4n) is 4.36. The summed E-state index contributed by atoms with van der Waals surface area (Å²) >= 11 is 0. The van der Waals surface area contributed by atoms with Gasteiger partial charge in [0.05, 0.1) is 12.7 Å². The first-order chi connectivity index (χ1) is 16.0. The van der Waals surface area contributed by atoms with Crippen LogP contribution in [-0.2, 0) is 16.0 Å². The quantitative estimate of drug-likeness (QED) is 0.341. The van der Waals surface area contributed by atoms with Gasteiger partial charge in [-0.3, -0.25) is 9.20 Å². The molecule has 7 nitrogen and oxygen atoms in total. The number of nitrogens with zero attached hydrogens (tertiary/aromatic N) is 4. The van der Waals surface area contributed by atoms with E-state index in [0.29, 0.717) is 17.4 Å². The van der Waals surface area contributed by atoms with Crippen LogP contribution in [0.2, 0.25) is 0 Å². The second kappa shape index (κ2) is 9.70. The molecule has 1 aliphatic rings. The van der Waals surface area contributed by atoms with Crippen molar-refractivity contribution in [2.24, 2.45) is 5.92 Å². The van der Waals surface area contributed by atoms with Gasteiger partial charge in [-0.25, -0.2) is 9.78 Å². The number of anilines is 1. The summed E-state index contributed by atoms with van der Waals surface area (Å²) in [5, 5.41) is 9.45. The molecule has 1 aromatic carbocycles. The highest BCUT2D eigenvalue weighted by molar-refractivity contribution is 5.98. The maximum absolute atomic E-state index is 13.4. The van der Waals surface area contributed by atoms with Crippen molar-refractivity contribution in [3.05, 3.63) is 81.3 Å². The van der Waals surface area contributed by atoms with Gasteiger partial charge in [0.15, 0.2) is 0 Å². The molecule has 0 spiro atoms. The first-order valence-electron chi connectivity index (χ1n) is 11.0. The Kier molecular flexibility index (Phi) is 6.55. The van der Waals surface area contributed by atoms with Crippen LogP contribution >= 0.6 is 0 Å². The highest BCUT2D eigenvalue weighted by Crippen LogP contribution is 2.27. The summed E-state index contributed by atoms with van der Waals surface area (Å²) in [5.41, 5.74) is 2.44. The number of rotatable bonds is 5. The largest absolute Gasteiger partial charge is 0.465 e. The molecule has 0 radical (unpaired) electrons. The van der Waals surface area contributed by atoms with E-state index in [4.69, 9.17) is 9.72 Å². The number of carbonyl (C=O) groups excluding carboxylic acids is 1. The third-order valence-electron chi connectivity index (χ3n) is 6.16. The molecule has 1 fully saturated rings. The lowest BCUT2D eigenvalue weighted by Gasteiger charge is -2.33. The van der Waals surface area contributed by atoms with Crippen molar-refractivity contribution in [1.82, 2.24) is 9.38 Å². The van der Waals surface area contributed by atoms with Gasteiger partial charge in [-0.2, -0.15) is 5.26 Å². The zero-order valence-electron chi connectivity index (χ0n) is 18.8. The van der Waals surface area contributed by atoms with Gasteiger partial charge in [-0.05, 0) is 55.4 Å². The predicted octanol–water partition coefficient (Wildman–Crippen LogP) is 3.54. The Morgan fingerprint density at radius 1 is 1.21 bits per heavy atom. The third kappa shape index (κ3) is 4.65. The summed E-state index contributed by atoms with van der Waals surface area (Å²) in [5.74, 6) is 0.276. The number of piperidine rings is 1. The first-order valence-corrected chi connectivity index (χ1v) is 11.0. The van der Waals surface area contributed by atoms with Crippen LogP contribution in [0.15, 0.2) is 59.0 Å². The number of nitriles is 1. The molecule has 3 aromatic rings. The van der Waals surface area contributed by atoms with Gasteiger partial charge in [0, 0.05) is 19.3 Å². The van der Waals surface area contributed by atoms with Crippen LogP contribution in [-0.4, -0.2) is 35.6 Å². The number of fused-ring (bicyclic) bond motifs is 1. The van der Waals surface area contributed by atoms with E-state index in [2.05, 4.69) is 29.2 Å². The molecular formula is C26H26N4O3. The highest BCUT2D eigenvalue weighted by Gasteiger charge is 2.25. The number of hydrogen-bond donors (Lipinski definition) is 0. The Morgan fingerprint density at radius 2 is 1.94 bits per heavy atom. The second-order valence-electron chi connectivity index (χ2n) is 8.32. The van der Waals surface area contributed by atoms with Crippen LogP contribution in [0.25, 0.3) is 11.7 Å². The summed E-state index contributed by atoms with van der Waals surface area (Å²) in [6.07, 6.45) is 5.91. The minimum Gasteiger partial charge on any atom is -0.465 e. The summed E-state index contributed by atoms with van der Waals surface area (Å²) < 4.78 is 6.16. The number of hydrogen-bond acceptors (Lipinski definition) is 6. The van der Waals surface area contributed by atoms with Crippen molar-refractivity contribution < 1.29 is 9.53 Å². The van der Waals surface area contributed by atoms with E-state index in [1.807, 2.05) is 25.1 Å². The van der Waals surface area contributed by atoms with E-state index in [9.17, 15) is 14.9 Å². The van der Waals surface area contributed by atoms with E-state index >= 15 is 0 Å². The Bertz CT molecular complexity index is 1300. The van der Waals surface area contributed by atoms with Crippen LogP contribution in [0.1, 0.15) is 29.5 Å². The van der Waals surface area contributed by atoms with E-state index in [1.165, 1.54) is 23.1 Å². The number of benzene rings is 1. The Balaban J connectivity index is 1.71. The lowest BCUT2D eigenvalue weighted by atomic mass is 9.90.